The molecule has 2 aliphatic rings. The number of carbonyl (C=O) groups is 2. The lowest BCUT2D eigenvalue weighted by Crippen LogP contribution is -2.54. The third-order valence-electron chi connectivity index (χ3n) is 3.95. The lowest BCUT2D eigenvalue weighted by Gasteiger charge is -2.42. The molecule has 0 saturated carbocycles. The van der Waals surface area contributed by atoms with Gasteiger partial charge in [0, 0.05) is 11.1 Å². The van der Waals surface area contributed by atoms with Crippen molar-refractivity contribution in [2.24, 2.45) is 0 Å². The van der Waals surface area contributed by atoms with Gasteiger partial charge in [-0.2, -0.15) is 0 Å². The smallest absolute Gasteiger partial charge is 0.267 e. The minimum absolute atomic E-state index is 0.194. The fourth-order valence-corrected chi connectivity index (χ4v) is 2.89. The Morgan fingerprint density at radius 3 is 2.19 bits per heavy atom. The van der Waals surface area contributed by atoms with Crippen LogP contribution in [-0.2, 0) is 13.1 Å². The van der Waals surface area contributed by atoms with E-state index in [4.69, 9.17) is 0 Å². The van der Waals surface area contributed by atoms with E-state index in [1.54, 1.807) is 12.1 Å². The Morgan fingerprint density at radius 1 is 0.810 bits per heavy atom. The Kier molecular flexibility index (Phi) is 2.39. The van der Waals surface area contributed by atoms with Gasteiger partial charge in [0.2, 0.25) is 0 Å². The molecule has 2 heterocycles. The molecule has 5 heteroatoms. The number of benzene rings is 2. The second-order valence-corrected chi connectivity index (χ2v) is 5.18. The Balaban J connectivity index is 1.83. The quantitative estimate of drug-likeness (QED) is 0.744. The Hall–Kier alpha value is -2.69. The van der Waals surface area contributed by atoms with Crippen molar-refractivity contribution in [3.8, 4) is 0 Å². The SMILES string of the molecule is O=C1c2ccccc2CN2C(=O)c3cc(F)ccc3CN12. The molecule has 2 amide bonds. The van der Waals surface area contributed by atoms with E-state index < -0.39 is 5.82 Å². The van der Waals surface area contributed by atoms with Gasteiger partial charge in [-0.15, -0.1) is 0 Å². The maximum absolute atomic E-state index is 13.4. The van der Waals surface area contributed by atoms with Crippen molar-refractivity contribution >= 4 is 11.8 Å². The summed E-state index contributed by atoms with van der Waals surface area (Å²) in [6.45, 7) is 0.616. The summed E-state index contributed by atoms with van der Waals surface area (Å²) in [6.07, 6.45) is 0. The highest BCUT2D eigenvalue weighted by Crippen LogP contribution is 2.30. The fraction of sp³-hybridized carbons (Fsp3) is 0.125. The van der Waals surface area contributed by atoms with Crippen LogP contribution in [0.1, 0.15) is 31.8 Å². The van der Waals surface area contributed by atoms with Crippen molar-refractivity contribution in [2.45, 2.75) is 13.1 Å². The van der Waals surface area contributed by atoms with Crippen LogP contribution >= 0.6 is 0 Å². The van der Waals surface area contributed by atoms with Gasteiger partial charge in [-0.05, 0) is 29.3 Å². The molecule has 0 N–H and O–H groups in total. The van der Waals surface area contributed by atoms with Crippen molar-refractivity contribution in [1.82, 2.24) is 10.0 Å². The molecule has 21 heavy (non-hydrogen) atoms. The fourth-order valence-electron chi connectivity index (χ4n) is 2.89. The van der Waals surface area contributed by atoms with Gasteiger partial charge in [-0.25, -0.2) is 14.4 Å². The maximum atomic E-state index is 13.4. The van der Waals surface area contributed by atoms with Crippen LogP contribution in [0.15, 0.2) is 42.5 Å². The summed E-state index contributed by atoms with van der Waals surface area (Å²) in [4.78, 5) is 25.1. The summed E-state index contributed by atoms with van der Waals surface area (Å²) in [6, 6.07) is 11.3. The van der Waals surface area contributed by atoms with Crippen molar-refractivity contribution in [3.05, 3.63) is 70.5 Å². The monoisotopic (exact) mass is 282 g/mol. The van der Waals surface area contributed by atoms with Crippen LogP contribution in [0.5, 0.6) is 0 Å². The highest BCUT2D eigenvalue weighted by Gasteiger charge is 2.38. The van der Waals surface area contributed by atoms with E-state index in [1.807, 2.05) is 18.2 Å². The molecular formula is C16H11FN2O2. The minimum atomic E-state index is -0.445. The number of rotatable bonds is 0. The second kappa shape index (κ2) is 4.15. The molecule has 4 nitrogen and oxygen atoms in total. The van der Waals surface area contributed by atoms with Crippen molar-refractivity contribution < 1.29 is 14.0 Å². The molecular weight excluding hydrogens is 271 g/mol. The average Bonchev–Trinajstić information content (AvgIpc) is 2.50. The number of hydrazine groups is 1. The summed E-state index contributed by atoms with van der Waals surface area (Å²) in [5.74, 6) is -0.974. The lowest BCUT2D eigenvalue weighted by molar-refractivity contribution is -0.0218. The Labute approximate surface area is 120 Å². The summed E-state index contributed by atoms with van der Waals surface area (Å²) >= 11 is 0. The second-order valence-electron chi connectivity index (χ2n) is 5.18. The van der Waals surface area contributed by atoms with Gasteiger partial charge in [0.1, 0.15) is 5.82 Å². The number of fused-ring (bicyclic) bond motifs is 3. The van der Waals surface area contributed by atoms with E-state index in [1.165, 1.54) is 22.2 Å². The zero-order valence-electron chi connectivity index (χ0n) is 11.0. The lowest BCUT2D eigenvalue weighted by atomic mass is 9.98. The largest absolute Gasteiger partial charge is 0.273 e. The van der Waals surface area contributed by atoms with Gasteiger partial charge in [0.05, 0.1) is 13.1 Å². The molecule has 0 fully saturated rings. The molecule has 2 aliphatic heterocycles. The van der Waals surface area contributed by atoms with Gasteiger partial charge in [-0.1, -0.05) is 24.3 Å². The van der Waals surface area contributed by atoms with Gasteiger partial charge in [0.15, 0.2) is 0 Å². The summed E-state index contributed by atoms with van der Waals surface area (Å²) < 4.78 is 13.4. The van der Waals surface area contributed by atoms with E-state index in [0.717, 1.165) is 5.56 Å². The van der Waals surface area contributed by atoms with E-state index in [-0.39, 0.29) is 18.4 Å². The predicted molar refractivity (Wildman–Crippen MR) is 72.6 cm³/mol. The summed E-state index contributed by atoms with van der Waals surface area (Å²) in [5, 5.41) is 2.83. The van der Waals surface area contributed by atoms with Crippen molar-refractivity contribution in [2.75, 3.05) is 0 Å². The summed E-state index contributed by atoms with van der Waals surface area (Å²) in [7, 11) is 0. The normalized spacial score (nSPS) is 16.4. The maximum Gasteiger partial charge on any atom is 0.273 e. The number of hydrogen-bond donors (Lipinski definition) is 0. The van der Waals surface area contributed by atoms with E-state index in [0.29, 0.717) is 23.2 Å². The number of carbonyl (C=O) groups excluding carboxylic acids is 2. The van der Waals surface area contributed by atoms with Crippen LogP contribution in [0.2, 0.25) is 0 Å². The zero-order chi connectivity index (χ0) is 14.6. The predicted octanol–water partition coefficient (Wildman–Crippen LogP) is 2.35. The number of hydrogen-bond acceptors (Lipinski definition) is 2. The topological polar surface area (TPSA) is 40.6 Å². The van der Waals surface area contributed by atoms with Crippen molar-refractivity contribution in [3.63, 3.8) is 0 Å². The van der Waals surface area contributed by atoms with Crippen LogP contribution in [0, 0.1) is 5.82 Å². The molecule has 0 unspecified atom stereocenters. The van der Waals surface area contributed by atoms with Gasteiger partial charge in [-0.3, -0.25) is 9.59 Å². The summed E-state index contributed by atoms with van der Waals surface area (Å²) in [5.41, 5.74) is 2.43. The van der Waals surface area contributed by atoms with Crippen LogP contribution in [0.25, 0.3) is 0 Å². The Bertz CT molecular complexity index is 788. The van der Waals surface area contributed by atoms with E-state index in [9.17, 15) is 14.0 Å². The molecule has 2 aromatic carbocycles. The van der Waals surface area contributed by atoms with Crippen LogP contribution < -0.4 is 0 Å². The zero-order valence-corrected chi connectivity index (χ0v) is 11.0. The standard InChI is InChI=1S/C16H11FN2O2/c17-12-6-5-11-9-18-15(20)13-4-2-1-3-10(13)8-19(18)16(21)14(11)7-12/h1-7H,8-9H2. The van der Waals surface area contributed by atoms with Crippen molar-refractivity contribution in [1.29, 1.82) is 0 Å². The number of amides is 2. The van der Waals surface area contributed by atoms with Crippen LogP contribution in [0.3, 0.4) is 0 Å². The molecule has 0 atom stereocenters. The first kappa shape index (κ1) is 12.1. The molecule has 0 aromatic heterocycles. The third-order valence-corrected chi connectivity index (χ3v) is 3.95. The molecule has 4 rings (SSSR count). The number of halogens is 1. The average molecular weight is 282 g/mol. The molecule has 0 spiro atoms. The first-order chi connectivity index (χ1) is 10.1. The third kappa shape index (κ3) is 1.67. The van der Waals surface area contributed by atoms with E-state index in [2.05, 4.69) is 0 Å². The highest BCUT2D eigenvalue weighted by molar-refractivity contribution is 6.03. The molecule has 0 radical (unpaired) electrons. The van der Waals surface area contributed by atoms with Crippen LogP contribution in [0.4, 0.5) is 4.39 Å². The molecule has 2 aromatic rings. The Morgan fingerprint density at radius 2 is 1.43 bits per heavy atom. The first-order valence-corrected chi connectivity index (χ1v) is 6.65. The number of nitrogens with zero attached hydrogens (tertiary/aromatic N) is 2. The van der Waals surface area contributed by atoms with Gasteiger partial charge in [0.25, 0.3) is 11.8 Å². The first-order valence-electron chi connectivity index (χ1n) is 6.65. The molecule has 0 aliphatic carbocycles. The van der Waals surface area contributed by atoms with Crippen LogP contribution in [-0.4, -0.2) is 21.8 Å². The molecule has 0 saturated heterocycles. The highest BCUT2D eigenvalue weighted by atomic mass is 19.1. The molecule has 0 bridgehead atoms. The van der Waals surface area contributed by atoms with Gasteiger partial charge < -0.3 is 0 Å². The molecule has 104 valence electrons. The minimum Gasteiger partial charge on any atom is -0.267 e. The van der Waals surface area contributed by atoms with E-state index >= 15 is 0 Å². The van der Waals surface area contributed by atoms with Gasteiger partial charge >= 0.3 is 0 Å².